The summed E-state index contributed by atoms with van der Waals surface area (Å²) >= 11 is 0. The molecule has 0 saturated carbocycles. The SMILES string of the molecule is Cc1cccc(N2C[C@@H](NC(=O)c3cc(=O)c4ccc(C)cc4o3)CC2=O)c1. The first-order chi connectivity index (χ1) is 13.4. The maximum Gasteiger partial charge on any atom is 0.287 e. The molecule has 1 aliphatic heterocycles. The van der Waals surface area contributed by atoms with Crippen molar-refractivity contribution in [2.24, 2.45) is 0 Å². The molecule has 0 radical (unpaired) electrons. The molecule has 0 bridgehead atoms. The molecule has 1 N–H and O–H groups in total. The van der Waals surface area contributed by atoms with Crippen LogP contribution < -0.4 is 15.6 Å². The highest BCUT2D eigenvalue weighted by atomic mass is 16.3. The molecule has 1 aliphatic rings. The molecule has 28 heavy (non-hydrogen) atoms. The maximum absolute atomic E-state index is 12.6. The van der Waals surface area contributed by atoms with Gasteiger partial charge in [0.05, 0.1) is 11.4 Å². The topological polar surface area (TPSA) is 79.6 Å². The minimum atomic E-state index is -0.496. The van der Waals surface area contributed by atoms with E-state index in [0.29, 0.717) is 17.5 Å². The monoisotopic (exact) mass is 376 g/mol. The second kappa shape index (κ2) is 6.96. The van der Waals surface area contributed by atoms with Crippen LogP contribution in [0.15, 0.2) is 57.7 Å². The van der Waals surface area contributed by atoms with Gasteiger partial charge in [-0.25, -0.2) is 0 Å². The molecule has 1 saturated heterocycles. The zero-order valence-corrected chi connectivity index (χ0v) is 15.7. The van der Waals surface area contributed by atoms with Crippen LogP contribution >= 0.6 is 0 Å². The molecule has 2 amide bonds. The Kier molecular flexibility index (Phi) is 4.47. The zero-order valence-electron chi connectivity index (χ0n) is 15.7. The van der Waals surface area contributed by atoms with Crippen molar-refractivity contribution in [3.05, 3.63) is 75.6 Å². The molecule has 0 aliphatic carbocycles. The summed E-state index contributed by atoms with van der Waals surface area (Å²) in [7, 11) is 0. The predicted octanol–water partition coefficient (Wildman–Crippen LogP) is 2.95. The van der Waals surface area contributed by atoms with Crippen LogP contribution in [0.5, 0.6) is 0 Å². The van der Waals surface area contributed by atoms with E-state index in [1.54, 1.807) is 17.0 Å². The van der Waals surface area contributed by atoms with E-state index in [1.807, 2.05) is 44.2 Å². The molecule has 1 aromatic heterocycles. The minimum absolute atomic E-state index is 0.0495. The molecule has 1 fully saturated rings. The van der Waals surface area contributed by atoms with E-state index in [9.17, 15) is 14.4 Å². The molecule has 0 spiro atoms. The fourth-order valence-corrected chi connectivity index (χ4v) is 3.48. The molecular weight excluding hydrogens is 356 g/mol. The summed E-state index contributed by atoms with van der Waals surface area (Å²) in [6.45, 7) is 4.23. The molecule has 6 nitrogen and oxygen atoms in total. The van der Waals surface area contributed by atoms with Crippen LogP contribution in [0.1, 0.15) is 28.1 Å². The lowest BCUT2D eigenvalue weighted by Crippen LogP contribution is -2.37. The number of carbonyl (C=O) groups excluding carboxylic acids is 2. The average molecular weight is 376 g/mol. The van der Waals surface area contributed by atoms with Gasteiger partial charge < -0.3 is 14.6 Å². The Bertz CT molecular complexity index is 1150. The number of fused-ring (bicyclic) bond motifs is 1. The number of benzene rings is 2. The molecule has 0 unspecified atom stereocenters. The number of hydrogen-bond acceptors (Lipinski definition) is 4. The van der Waals surface area contributed by atoms with Crippen LogP contribution in [0.4, 0.5) is 5.69 Å². The van der Waals surface area contributed by atoms with Crippen molar-refractivity contribution in [3.63, 3.8) is 0 Å². The van der Waals surface area contributed by atoms with Gasteiger partial charge in [-0.05, 0) is 49.2 Å². The number of hydrogen-bond donors (Lipinski definition) is 1. The minimum Gasteiger partial charge on any atom is -0.451 e. The van der Waals surface area contributed by atoms with Crippen molar-refractivity contribution in [3.8, 4) is 0 Å². The zero-order chi connectivity index (χ0) is 19.8. The van der Waals surface area contributed by atoms with Crippen molar-refractivity contribution in [1.29, 1.82) is 0 Å². The van der Waals surface area contributed by atoms with Crippen LogP contribution in [0.3, 0.4) is 0 Å². The molecular formula is C22H20N2O4. The van der Waals surface area contributed by atoms with Crippen molar-refractivity contribution in [2.45, 2.75) is 26.3 Å². The van der Waals surface area contributed by atoms with Crippen molar-refractivity contribution >= 4 is 28.5 Å². The maximum atomic E-state index is 12.6. The molecule has 1 atom stereocenters. The third-order valence-corrected chi connectivity index (χ3v) is 4.88. The Balaban J connectivity index is 1.53. The smallest absolute Gasteiger partial charge is 0.287 e. The van der Waals surface area contributed by atoms with Crippen LogP contribution in [0.25, 0.3) is 11.0 Å². The highest BCUT2D eigenvalue weighted by molar-refractivity contribution is 5.98. The van der Waals surface area contributed by atoms with Crippen LogP contribution in [0, 0.1) is 13.8 Å². The van der Waals surface area contributed by atoms with E-state index in [1.165, 1.54) is 6.07 Å². The van der Waals surface area contributed by atoms with Crippen LogP contribution in [-0.2, 0) is 4.79 Å². The standard InChI is InChI=1S/C22H20N2O4/c1-13-4-3-5-16(8-13)24-12-15(10-21(24)26)23-22(27)20-11-18(25)17-7-6-14(2)9-19(17)28-20/h3-9,11,15H,10,12H2,1-2H3,(H,23,27)/t15-/m0/s1. The Labute approximate surface area is 161 Å². The third kappa shape index (κ3) is 3.41. The van der Waals surface area contributed by atoms with E-state index >= 15 is 0 Å². The highest BCUT2D eigenvalue weighted by Gasteiger charge is 2.32. The Morgan fingerprint density at radius 2 is 1.86 bits per heavy atom. The van der Waals surface area contributed by atoms with E-state index in [2.05, 4.69) is 5.32 Å². The lowest BCUT2D eigenvalue weighted by molar-refractivity contribution is -0.117. The summed E-state index contributed by atoms with van der Waals surface area (Å²) in [4.78, 5) is 38.9. The van der Waals surface area contributed by atoms with E-state index in [0.717, 1.165) is 16.8 Å². The Morgan fingerprint density at radius 1 is 1.07 bits per heavy atom. The van der Waals surface area contributed by atoms with Gasteiger partial charge in [0.1, 0.15) is 5.58 Å². The second-order valence-electron chi connectivity index (χ2n) is 7.19. The number of anilines is 1. The molecule has 2 heterocycles. The van der Waals surface area contributed by atoms with E-state index in [4.69, 9.17) is 4.42 Å². The number of nitrogens with one attached hydrogen (secondary N) is 1. The number of nitrogens with zero attached hydrogens (tertiary/aromatic N) is 1. The van der Waals surface area contributed by atoms with E-state index < -0.39 is 5.91 Å². The van der Waals surface area contributed by atoms with Gasteiger partial charge in [-0.2, -0.15) is 0 Å². The van der Waals surface area contributed by atoms with Gasteiger partial charge in [0.15, 0.2) is 11.2 Å². The summed E-state index contributed by atoms with van der Waals surface area (Å²) in [6, 6.07) is 13.8. The van der Waals surface area contributed by atoms with Crippen LogP contribution in [0.2, 0.25) is 0 Å². The fourth-order valence-electron chi connectivity index (χ4n) is 3.48. The number of aryl methyl sites for hydroxylation is 2. The Hall–Kier alpha value is -3.41. The molecule has 3 aromatic rings. The van der Waals surface area contributed by atoms with Gasteiger partial charge in [-0.3, -0.25) is 14.4 Å². The normalized spacial score (nSPS) is 16.6. The van der Waals surface area contributed by atoms with Crippen molar-refractivity contribution in [2.75, 3.05) is 11.4 Å². The largest absolute Gasteiger partial charge is 0.451 e. The predicted molar refractivity (Wildman–Crippen MR) is 107 cm³/mol. The average Bonchev–Trinajstić information content (AvgIpc) is 3.01. The quantitative estimate of drug-likeness (QED) is 0.762. The molecule has 142 valence electrons. The molecule has 2 aromatic carbocycles. The van der Waals surface area contributed by atoms with Gasteiger partial charge in [-0.1, -0.05) is 18.2 Å². The summed E-state index contributed by atoms with van der Waals surface area (Å²) in [5.74, 6) is -0.597. The third-order valence-electron chi connectivity index (χ3n) is 4.88. The first-order valence-corrected chi connectivity index (χ1v) is 9.13. The Morgan fingerprint density at radius 3 is 2.64 bits per heavy atom. The van der Waals surface area contributed by atoms with Crippen molar-refractivity contribution in [1.82, 2.24) is 5.32 Å². The highest BCUT2D eigenvalue weighted by Crippen LogP contribution is 2.23. The molecule has 6 heteroatoms. The summed E-state index contributed by atoms with van der Waals surface area (Å²) in [5, 5.41) is 3.25. The van der Waals surface area contributed by atoms with Gasteiger partial charge in [0.25, 0.3) is 5.91 Å². The number of amides is 2. The van der Waals surface area contributed by atoms with Gasteiger partial charge in [0, 0.05) is 24.7 Å². The van der Waals surface area contributed by atoms with Gasteiger partial charge in [-0.15, -0.1) is 0 Å². The van der Waals surface area contributed by atoms with Crippen molar-refractivity contribution < 1.29 is 14.0 Å². The van der Waals surface area contributed by atoms with Gasteiger partial charge in [0.2, 0.25) is 5.91 Å². The lowest BCUT2D eigenvalue weighted by atomic mass is 10.1. The number of carbonyl (C=O) groups is 2. The first kappa shape index (κ1) is 18.0. The molecule has 4 rings (SSSR count). The van der Waals surface area contributed by atoms with Crippen LogP contribution in [-0.4, -0.2) is 24.4 Å². The summed E-state index contributed by atoms with van der Waals surface area (Å²) in [6.07, 6.45) is 0.205. The summed E-state index contributed by atoms with van der Waals surface area (Å²) < 4.78 is 5.64. The van der Waals surface area contributed by atoms with Gasteiger partial charge >= 0.3 is 0 Å². The number of rotatable bonds is 3. The second-order valence-corrected chi connectivity index (χ2v) is 7.19. The van der Waals surface area contributed by atoms with E-state index in [-0.39, 0.29) is 29.6 Å². The summed E-state index contributed by atoms with van der Waals surface area (Å²) in [5.41, 5.74) is 2.92. The first-order valence-electron chi connectivity index (χ1n) is 9.13. The fraction of sp³-hybridized carbons (Fsp3) is 0.227. The lowest BCUT2D eigenvalue weighted by Gasteiger charge is -2.17.